The number of aliphatic carboxylic acids is 1. The summed E-state index contributed by atoms with van der Waals surface area (Å²) >= 11 is 0. The predicted octanol–water partition coefficient (Wildman–Crippen LogP) is 1.80. The first-order chi connectivity index (χ1) is 8.66. The van der Waals surface area contributed by atoms with E-state index in [0.717, 1.165) is 19.1 Å². The molecule has 1 unspecified atom stereocenters. The Morgan fingerprint density at radius 3 is 2.33 bits per heavy atom. The fourth-order valence-electron chi connectivity index (χ4n) is 3.36. The first kappa shape index (κ1) is 13.8. The van der Waals surface area contributed by atoms with E-state index >= 15 is 0 Å². The molecule has 0 aliphatic carbocycles. The SMILES string of the molecule is CC(CC(=O)O)N1CCC(N2CCCCC2)CC1. The van der Waals surface area contributed by atoms with Crippen molar-refractivity contribution in [2.45, 2.75) is 57.5 Å². The zero-order valence-electron chi connectivity index (χ0n) is 11.5. The summed E-state index contributed by atoms with van der Waals surface area (Å²) in [5.74, 6) is -0.680. The van der Waals surface area contributed by atoms with Gasteiger partial charge in [-0.1, -0.05) is 6.42 Å². The summed E-state index contributed by atoms with van der Waals surface area (Å²) in [6, 6.07) is 0.934. The van der Waals surface area contributed by atoms with Crippen molar-refractivity contribution in [1.82, 2.24) is 9.80 Å². The van der Waals surface area contributed by atoms with Crippen molar-refractivity contribution in [3.63, 3.8) is 0 Å². The van der Waals surface area contributed by atoms with Crippen LogP contribution in [0.25, 0.3) is 0 Å². The highest BCUT2D eigenvalue weighted by Gasteiger charge is 2.27. The monoisotopic (exact) mass is 254 g/mol. The molecule has 2 fully saturated rings. The summed E-state index contributed by atoms with van der Waals surface area (Å²) in [7, 11) is 0. The minimum Gasteiger partial charge on any atom is -0.481 e. The van der Waals surface area contributed by atoms with Crippen LogP contribution in [-0.2, 0) is 4.79 Å². The molecule has 0 amide bonds. The van der Waals surface area contributed by atoms with E-state index in [1.54, 1.807) is 0 Å². The zero-order chi connectivity index (χ0) is 13.0. The second-order valence-electron chi connectivity index (χ2n) is 5.81. The number of nitrogens with zero attached hydrogens (tertiary/aromatic N) is 2. The van der Waals surface area contributed by atoms with Crippen molar-refractivity contribution < 1.29 is 9.90 Å². The molecule has 4 heteroatoms. The molecule has 2 rings (SSSR count). The Balaban J connectivity index is 1.75. The Labute approximate surface area is 110 Å². The second kappa shape index (κ2) is 6.53. The first-order valence-corrected chi connectivity index (χ1v) is 7.36. The smallest absolute Gasteiger partial charge is 0.304 e. The summed E-state index contributed by atoms with van der Waals surface area (Å²) < 4.78 is 0. The average Bonchev–Trinajstić information content (AvgIpc) is 2.39. The highest BCUT2D eigenvalue weighted by Crippen LogP contribution is 2.22. The van der Waals surface area contributed by atoms with Crippen molar-refractivity contribution in [2.24, 2.45) is 0 Å². The molecule has 2 aliphatic heterocycles. The lowest BCUT2D eigenvalue weighted by atomic mass is 9.98. The quantitative estimate of drug-likeness (QED) is 0.831. The fourth-order valence-corrected chi connectivity index (χ4v) is 3.36. The third-order valence-corrected chi connectivity index (χ3v) is 4.50. The molecule has 4 nitrogen and oxygen atoms in total. The number of carboxylic acids is 1. The summed E-state index contributed by atoms with van der Waals surface area (Å²) in [6.45, 7) is 6.71. The van der Waals surface area contributed by atoms with Crippen molar-refractivity contribution in [3.05, 3.63) is 0 Å². The lowest BCUT2D eigenvalue weighted by Gasteiger charge is -2.41. The Kier molecular flexibility index (Phi) is 5.01. The van der Waals surface area contributed by atoms with Gasteiger partial charge in [0.05, 0.1) is 6.42 Å². The van der Waals surface area contributed by atoms with Gasteiger partial charge in [-0.2, -0.15) is 0 Å². The molecule has 2 saturated heterocycles. The van der Waals surface area contributed by atoms with Crippen LogP contribution >= 0.6 is 0 Å². The largest absolute Gasteiger partial charge is 0.481 e. The summed E-state index contributed by atoms with van der Waals surface area (Å²) in [6.07, 6.45) is 6.80. The molecular formula is C14H26N2O2. The number of carboxylic acid groups (broad SMARTS) is 1. The third-order valence-electron chi connectivity index (χ3n) is 4.50. The molecule has 1 atom stereocenters. The molecule has 104 valence electrons. The number of carbonyl (C=O) groups is 1. The van der Waals surface area contributed by atoms with Gasteiger partial charge in [-0.05, 0) is 58.8 Å². The molecule has 2 aliphatic rings. The molecule has 0 aromatic rings. The summed E-state index contributed by atoms with van der Waals surface area (Å²) in [5.41, 5.74) is 0. The van der Waals surface area contributed by atoms with E-state index in [1.165, 1.54) is 45.2 Å². The number of likely N-dealkylation sites (tertiary alicyclic amines) is 2. The molecule has 0 radical (unpaired) electrons. The van der Waals surface area contributed by atoms with E-state index in [0.29, 0.717) is 0 Å². The first-order valence-electron chi connectivity index (χ1n) is 7.36. The zero-order valence-corrected chi connectivity index (χ0v) is 11.5. The van der Waals surface area contributed by atoms with Gasteiger partial charge in [0.1, 0.15) is 0 Å². The number of hydrogen-bond donors (Lipinski definition) is 1. The van der Waals surface area contributed by atoms with Crippen molar-refractivity contribution in [1.29, 1.82) is 0 Å². The van der Waals surface area contributed by atoms with Crippen LogP contribution < -0.4 is 0 Å². The van der Waals surface area contributed by atoms with Gasteiger partial charge in [0.15, 0.2) is 0 Å². The van der Waals surface area contributed by atoms with Crippen LogP contribution in [0.2, 0.25) is 0 Å². The molecular weight excluding hydrogens is 228 g/mol. The maximum absolute atomic E-state index is 10.7. The third kappa shape index (κ3) is 3.69. The van der Waals surface area contributed by atoms with E-state index in [4.69, 9.17) is 5.11 Å². The van der Waals surface area contributed by atoms with Crippen molar-refractivity contribution in [2.75, 3.05) is 26.2 Å². The normalized spacial score (nSPS) is 26.1. The van der Waals surface area contributed by atoms with Crippen molar-refractivity contribution >= 4 is 5.97 Å². The van der Waals surface area contributed by atoms with Gasteiger partial charge >= 0.3 is 5.97 Å². The second-order valence-corrected chi connectivity index (χ2v) is 5.81. The van der Waals surface area contributed by atoms with E-state index < -0.39 is 5.97 Å². The Hall–Kier alpha value is -0.610. The van der Waals surface area contributed by atoms with Gasteiger partial charge in [0, 0.05) is 12.1 Å². The number of rotatable bonds is 4. The molecule has 0 saturated carbocycles. The van der Waals surface area contributed by atoms with E-state index in [9.17, 15) is 4.79 Å². The topological polar surface area (TPSA) is 43.8 Å². The van der Waals surface area contributed by atoms with E-state index in [2.05, 4.69) is 9.80 Å². The molecule has 0 spiro atoms. The van der Waals surface area contributed by atoms with Crippen LogP contribution in [-0.4, -0.2) is 59.1 Å². The van der Waals surface area contributed by atoms with E-state index in [1.807, 2.05) is 6.92 Å². The lowest BCUT2D eigenvalue weighted by molar-refractivity contribution is -0.138. The summed E-state index contributed by atoms with van der Waals surface area (Å²) in [5, 5.41) is 8.84. The Bertz CT molecular complexity index is 269. The molecule has 18 heavy (non-hydrogen) atoms. The van der Waals surface area contributed by atoms with Gasteiger partial charge in [-0.3, -0.25) is 9.69 Å². The van der Waals surface area contributed by atoms with Crippen LogP contribution in [0.1, 0.15) is 45.4 Å². The molecule has 0 bridgehead atoms. The number of hydrogen-bond acceptors (Lipinski definition) is 3. The maximum atomic E-state index is 10.7. The van der Waals surface area contributed by atoms with Crippen molar-refractivity contribution in [3.8, 4) is 0 Å². The average molecular weight is 254 g/mol. The van der Waals surface area contributed by atoms with Gasteiger partial charge in [0.2, 0.25) is 0 Å². The number of piperidine rings is 2. The highest BCUT2D eigenvalue weighted by molar-refractivity contribution is 5.67. The van der Waals surface area contributed by atoms with Gasteiger partial charge < -0.3 is 10.0 Å². The standard InChI is InChI=1S/C14H26N2O2/c1-12(11-14(17)18)15-9-5-13(6-10-15)16-7-3-2-4-8-16/h12-13H,2-11H2,1H3,(H,17,18). The highest BCUT2D eigenvalue weighted by atomic mass is 16.4. The Morgan fingerprint density at radius 2 is 1.78 bits per heavy atom. The maximum Gasteiger partial charge on any atom is 0.304 e. The minimum atomic E-state index is -0.680. The van der Waals surface area contributed by atoms with Gasteiger partial charge in [-0.15, -0.1) is 0 Å². The molecule has 0 aromatic carbocycles. The van der Waals surface area contributed by atoms with Gasteiger partial charge in [-0.25, -0.2) is 0 Å². The summed E-state index contributed by atoms with van der Waals surface area (Å²) in [4.78, 5) is 15.7. The molecule has 2 heterocycles. The predicted molar refractivity (Wildman–Crippen MR) is 71.7 cm³/mol. The lowest BCUT2D eigenvalue weighted by Crippen LogP contribution is -2.49. The van der Waals surface area contributed by atoms with Crippen LogP contribution in [0.3, 0.4) is 0 Å². The van der Waals surface area contributed by atoms with Crippen LogP contribution in [0.4, 0.5) is 0 Å². The van der Waals surface area contributed by atoms with Crippen LogP contribution in [0, 0.1) is 0 Å². The molecule has 0 aromatic heterocycles. The van der Waals surface area contributed by atoms with Crippen LogP contribution in [0.15, 0.2) is 0 Å². The van der Waals surface area contributed by atoms with Gasteiger partial charge in [0.25, 0.3) is 0 Å². The Morgan fingerprint density at radius 1 is 1.17 bits per heavy atom. The molecule has 1 N–H and O–H groups in total. The fraction of sp³-hybridized carbons (Fsp3) is 0.929. The van der Waals surface area contributed by atoms with E-state index in [-0.39, 0.29) is 12.5 Å². The minimum absolute atomic E-state index is 0.185. The van der Waals surface area contributed by atoms with Crippen LogP contribution in [0.5, 0.6) is 0 Å².